The van der Waals surface area contributed by atoms with E-state index in [0.29, 0.717) is 18.1 Å². The molecule has 1 N–H and O–H groups in total. The Morgan fingerprint density at radius 1 is 1.05 bits per heavy atom. The Morgan fingerprint density at radius 2 is 1.87 bits per heavy atom. The van der Waals surface area contributed by atoms with Crippen LogP contribution in [0.3, 0.4) is 0 Å². The van der Waals surface area contributed by atoms with Gasteiger partial charge in [0.2, 0.25) is 0 Å². The van der Waals surface area contributed by atoms with E-state index in [0.717, 1.165) is 58.6 Å². The Hall–Kier alpha value is -4.53. The molecule has 9 nitrogen and oxygen atoms in total. The van der Waals surface area contributed by atoms with Crippen LogP contribution in [0.2, 0.25) is 0 Å². The van der Waals surface area contributed by atoms with Crippen LogP contribution in [0.15, 0.2) is 71.8 Å². The maximum Gasteiger partial charge on any atom is 0.333 e. The summed E-state index contributed by atoms with van der Waals surface area (Å²) in [7, 11) is 1.65. The van der Waals surface area contributed by atoms with E-state index < -0.39 is 0 Å². The third kappa shape index (κ3) is 5.25. The average Bonchev–Trinajstić information content (AvgIpc) is 3.61. The average molecular weight is 524 g/mol. The summed E-state index contributed by atoms with van der Waals surface area (Å²) < 4.78 is 9.34. The summed E-state index contributed by atoms with van der Waals surface area (Å²) in [5.41, 5.74) is 6.41. The maximum absolute atomic E-state index is 13.9. The summed E-state index contributed by atoms with van der Waals surface area (Å²) in [6, 6.07) is 17.9. The zero-order valence-electron chi connectivity index (χ0n) is 22.8. The molecule has 0 radical (unpaired) electrons. The van der Waals surface area contributed by atoms with Gasteiger partial charge in [0.1, 0.15) is 5.75 Å². The van der Waals surface area contributed by atoms with Gasteiger partial charge in [-0.2, -0.15) is 0 Å². The number of aromatic nitrogens is 7. The first-order chi connectivity index (χ1) is 19.0. The predicted molar refractivity (Wildman–Crippen MR) is 151 cm³/mol. The van der Waals surface area contributed by atoms with Crippen molar-refractivity contribution in [1.29, 1.82) is 0 Å². The molecule has 0 bridgehead atoms. The molecular formula is C30H33N7O2. The normalized spacial score (nSPS) is 11.3. The molecule has 0 spiro atoms. The predicted octanol–water partition coefficient (Wildman–Crippen LogP) is 5.40. The summed E-state index contributed by atoms with van der Waals surface area (Å²) in [6.07, 6.45) is 6.62. The number of H-pyrrole nitrogens is 1. The van der Waals surface area contributed by atoms with Gasteiger partial charge in [0, 0.05) is 29.2 Å². The molecule has 0 aliphatic carbocycles. The third-order valence-corrected chi connectivity index (χ3v) is 6.94. The van der Waals surface area contributed by atoms with Crippen LogP contribution in [0, 0.1) is 0 Å². The summed E-state index contributed by atoms with van der Waals surface area (Å²) in [5.74, 6) is 1.49. The number of pyridine rings is 1. The van der Waals surface area contributed by atoms with Gasteiger partial charge in [0.05, 0.1) is 25.0 Å². The molecule has 0 saturated carbocycles. The second-order valence-electron chi connectivity index (χ2n) is 9.86. The first-order valence-electron chi connectivity index (χ1n) is 13.3. The highest BCUT2D eigenvalue weighted by Crippen LogP contribution is 2.31. The summed E-state index contributed by atoms with van der Waals surface area (Å²) in [5, 5.41) is 14.2. The van der Waals surface area contributed by atoms with Crippen molar-refractivity contribution in [1.82, 2.24) is 34.7 Å². The van der Waals surface area contributed by atoms with Crippen LogP contribution in [0.5, 0.6) is 5.75 Å². The van der Waals surface area contributed by atoms with Gasteiger partial charge in [-0.25, -0.2) is 9.89 Å². The fraction of sp³-hybridized carbons (Fsp3) is 0.300. The second-order valence-corrected chi connectivity index (χ2v) is 9.86. The fourth-order valence-corrected chi connectivity index (χ4v) is 4.89. The van der Waals surface area contributed by atoms with Crippen LogP contribution >= 0.6 is 0 Å². The molecule has 3 aromatic heterocycles. The number of aryl methyl sites for hydroxylation is 1. The second kappa shape index (κ2) is 11.5. The van der Waals surface area contributed by atoms with Crippen molar-refractivity contribution in [2.75, 3.05) is 7.11 Å². The Bertz CT molecular complexity index is 1600. The Balaban J connectivity index is 1.52. The quantitative estimate of drug-likeness (QED) is 0.263. The largest absolute Gasteiger partial charge is 0.495 e. The van der Waals surface area contributed by atoms with E-state index >= 15 is 0 Å². The first kappa shape index (κ1) is 26.1. The number of hydrogen-bond acceptors (Lipinski definition) is 6. The topological polar surface area (TPSA) is 104 Å². The Morgan fingerprint density at radius 3 is 2.56 bits per heavy atom. The van der Waals surface area contributed by atoms with Crippen molar-refractivity contribution in [2.24, 2.45) is 0 Å². The smallest absolute Gasteiger partial charge is 0.333 e. The highest BCUT2D eigenvalue weighted by Gasteiger charge is 2.20. The minimum Gasteiger partial charge on any atom is -0.495 e. The number of nitrogens with zero attached hydrogens (tertiary/aromatic N) is 6. The lowest BCUT2D eigenvalue weighted by atomic mass is 10.0. The minimum absolute atomic E-state index is 0.0681. The van der Waals surface area contributed by atoms with Crippen LogP contribution in [-0.4, -0.2) is 41.9 Å². The number of imidazole rings is 1. The highest BCUT2D eigenvalue weighted by molar-refractivity contribution is 5.76. The van der Waals surface area contributed by atoms with Gasteiger partial charge in [0.25, 0.3) is 0 Å². The number of nitrogens with one attached hydrogen (secondary N) is 1. The zero-order chi connectivity index (χ0) is 27.4. The van der Waals surface area contributed by atoms with Gasteiger partial charge in [-0.05, 0) is 58.5 Å². The molecule has 39 heavy (non-hydrogen) atoms. The molecule has 5 rings (SSSR count). The summed E-state index contributed by atoms with van der Waals surface area (Å²) in [6.45, 7) is 6.89. The number of benzene rings is 2. The van der Waals surface area contributed by atoms with Gasteiger partial charge in [-0.15, -0.1) is 5.10 Å². The molecule has 0 fully saturated rings. The van der Waals surface area contributed by atoms with Crippen LogP contribution in [0.4, 0.5) is 0 Å². The van der Waals surface area contributed by atoms with Gasteiger partial charge < -0.3 is 4.74 Å². The van der Waals surface area contributed by atoms with E-state index in [-0.39, 0.29) is 11.6 Å². The molecule has 0 atom stereocenters. The van der Waals surface area contributed by atoms with E-state index in [2.05, 4.69) is 52.4 Å². The molecular weight excluding hydrogens is 490 g/mol. The molecule has 5 aromatic rings. The van der Waals surface area contributed by atoms with E-state index in [1.165, 1.54) is 0 Å². The lowest BCUT2D eigenvalue weighted by molar-refractivity contribution is 0.411. The number of para-hydroxylation sites is 1. The van der Waals surface area contributed by atoms with Gasteiger partial charge in [-0.3, -0.25) is 14.1 Å². The number of hydrogen-bond donors (Lipinski definition) is 1. The molecule has 3 heterocycles. The summed E-state index contributed by atoms with van der Waals surface area (Å²) in [4.78, 5) is 18.5. The van der Waals surface area contributed by atoms with Crippen molar-refractivity contribution >= 4 is 0 Å². The van der Waals surface area contributed by atoms with Crippen LogP contribution in [0.1, 0.15) is 56.4 Å². The SMILES string of the molecule is CCCCc1cn(-c2c(OC)cccc2C(C)C)c(=O)n1Cc1ccc(-c2ncccc2-c2nnn[nH]2)cc1. The molecule has 0 unspecified atom stereocenters. The lowest BCUT2D eigenvalue weighted by Crippen LogP contribution is -2.25. The van der Waals surface area contributed by atoms with Crippen LogP contribution in [0.25, 0.3) is 28.3 Å². The molecule has 2 aromatic carbocycles. The molecule has 0 aliphatic heterocycles. The van der Waals surface area contributed by atoms with E-state index in [9.17, 15) is 4.79 Å². The Kier molecular flexibility index (Phi) is 7.67. The number of tetrazole rings is 1. The van der Waals surface area contributed by atoms with Gasteiger partial charge in [0.15, 0.2) is 5.82 Å². The van der Waals surface area contributed by atoms with E-state index in [1.807, 2.05) is 59.3 Å². The molecule has 0 amide bonds. The maximum atomic E-state index is 13.9. The number of unbranched alkanes of at least 4 members (excludes halogenated alkanes) is 1. The standard InChI is InChI=1S/C30H33N7O2/c1-5-6-9-23-19-37(28-24(20(2)3)10-7-12-26(28)39-4)30(38)36(23)18-21-13-15-22(16-14-21)27-25(11-8-17-31-27)29-32-34-35-33-29/h7-8,10-17,19-20H,5-6,9,18H2,1-4H3,(H,32,33,34,35). The van der Waals surface area contributed by atoms with E-state index in [1.54, 1.807) is 17.9 Å². The monoisotopic (exact) mass is 523 g/mol. The van der Waals surface area contributed by atoms with Gasteiger partial charge in [-0.1, -0.05) is 63.6 Å². The first-order valence-corrected chi connectivity index (χ1v) is 13.3. The third-order valence-electron chi connectivity index (χ3n) is 6.94. The molecule has 200 valence electrons. The summed E-state index contributed by atoms with van der Waals surface area (Å²) >= 11 is 0. The minimum atomic E-state index is -0.0681. The molecule has 0 aliphatic rings. The number of methoxy groups -OCH3 is 1. The molecule has 0 saturated heterocycles. The van der Waals surface area contributed by atoms with Crippen molar-refractivity contribution in [3.05, 3.63) is 94.3 Å². The Labute approximate surface area is 227 Å². The molecule has 9 heteroatoms. The fourth-order valence-electron chi connectivity index (χ4n) is 4.89. The van der Waals surface area contributed by atoms with Crippen LogP contribution in [-0.2, 0) is 13.0 Å². The zero-order valence-corrected chi connectivity index (χ0v) is 22.8. The highest BCUT2D eigenvalue weighted by atomic mass is 16.5. The van der Waals surface area contributed by atoms with Crippen molar-refractivity contribution in [3.8, 4) is 34.1 Å². The number of ether oxygens (including phenoxy) is 1. The van der Waals surface area contributed by atoms with Crippen LogP contribution < -0.4 is 10.4 Å². The number of rotatable bonds is 10. The van der Waals surface area contributed by atoms with Crippen molar-refractivity contribution in [3.63, 3.8) is 0 Å². The van der Waals surface area contributed by atoms with Gasteiger partial charge >= 0.3 is 5.69 Å². The number of aromatic amines is 1. The lowest BCUT2D eigenvalue weighted by Gasteiger charge is -2.16. The van der Waals surface area contributed by atoms with E-state index in [4.69, 9.17) is 4.74 Å². The van der Waals surface area contributed by atoms with Crippen molar-refractivity contribution < 1.29 is 4.74 Å². The van der Waals surface area contributed by atoms with Crippen molar-refractivity contribution in [2.45, 2.75) is 52.5 Å².